The fourth-order valence-electron chi connectivity index (χ4n) is 1.92. The average molecular weight is 281 g/mol. The molecular weight excluding hydrogens is 264 g/mol. The Hall–Kier alpha value is -1.62. The number of anilines is 1. The Bertz CT molecular complexity index is 594. The van der Waals surface area contributed by atoms with Gasteiger partial charge < -0.3 is 0 Å². The zero-order valence-electron chi connectivity index (χ0n) is 11.1. The highest BCUT2D eigenvalue weighted by Gasteiger charge is 2.13. The van der Waals surface area contributed by atoms with Crippen LogP contribution >= 0.6 is 11.6 Å². The molecule has 0 radical (unpaired) electrons. The molecule has 0 aliphatic carbocycles. The second-order valence-electron chi connectivity index (χ2n) is 4.36. The summed E-state index contributed by atoms with van der Waals surface area (Å²) in [4.78, 5) is 20.4. The Kier molecular flexibility index (Phi) is 4.37. The number of halogens is 1. The lowest BCUT2D eigenvalue weighted by Crippen LogP contribution is -2.15. The number of hydrogen-bond acceptors (Lipinski definition) is 3. The number of aryl methyl sites for hydroxylation is 1. The summed E-state index contributed by atoms with van der Waals surface area (Å²) in [5, 5.41) is 3.26. The van der Waals surface area contributed by atoms with E-state index in [-0.39, 0.29) is 5.91 Å². The lowest BCUT2D eigenvalue weighted by Gasteiger charge is -2.07. The predicted octanol–water partition coefficient (Wildman–Crippen LogP) is 3.23. The van der Waals surface area contributed by atoms with Gasteiger partial charge in [-0.05, 0) is 25.0 Å². The topological polar surface area (TPSA) is 59.8 Å². The van der Waals surface area contributed by atoms with Gasteiger partial charge in [0, 0.05) is 13.0 Å². The van der Waals surface area contributed by atoms with E-state index in [0.29, 0.717) is 23.2 Å². The molecule has 2 rings (SSSR count). The summed E-state index contributed by atoms with van der Waals surface area (Å²) in [5.74, 6) is 0.520. The fourth-order valence-corrected chi connectivity index (χ4v) is 2.07. The van der Waals surface area contributed by atoms with Gasteiger partial charge in [-0.25, -0.2) is 9.97 Å². The van der Waals surface area contributed by atoms with Crippen molar-refractivity contribution in [3.8, 4) is 0 Å². The fraction of sp³-hybridized carbons (Fsp3) is 0.462. The van der Waals surface area contributed by atoms with Crippen molar-refractivity contribution in [2.75, 3.05) is 5.32 Å². The van der Waals surface area contributed by atoms with Crippen molar-refractivity contribution in [2.24, 2.45) is 0 Å². The van der Waals surface area contributed by atoms with Crippen LogP contribution in [0.4, 0.5) is 5.95 Å². The second kappa shape index (κ2) is 6.02. The molecule has 0 bridgehead atoms. The van der Waals surface area contributed by atoms with E-state index in [0.717, 1.165) is 24.9 Å². The SMILES string of the molecule is CCCC(=O)Nc1nc2ccc(Cl)nc2n1CCC. The van der Waals surface area contributed by atoms with Crippen LogP contribution in [0.25, 0.3) is 11.2 Å². The molecule has 5 nitrogen and oxygen atoms in total. The zero-order valence-corrected chi connectivity index (χ0v) is 11.9. The van der Waals surface area contributed by atoms with Crippen LogP contribution in [0, 0.1) is 0 Å². The van der Waals surface area contributed by atoms with Crippen molar-refractivity contribution in [3.05, 3.63) is 17.3 Å². The third-order valence-corrected chi connectivity index (χ3v) is 2.94. The first kappa shape index (κ1) is 13.8. The zero-order chi connectivity index (χ0) is 13.8. The van der Waals surface area contributed by atoms with E-state index in [4.69, 9.17) is 11.6 Å². The lowest BCUT2D eigenvalue weighted by molar-refractivity contribution is -0.116. The Morgan fingerprint density at radius 3 is 2.79 bits per heavy atom. The number of hydrogen-bond donors (Lipinski definition) is 1. The number of rotatable bonds is 5. The van der Waals surface area contributed by atoms with Crippen LogP contribution in [0.2, 0.25) is 5.15 Å². The highest BCUT2D eigenvalue weighted by molar-refractivity contribution is 6.29. The van der Waals surface area contributed by atoms with Crippen LogP contribution < -0.4 is 5.32 Å². The van der Waals surface area contributed by atoms with E-state index < -0.39 is 0 Å². The summed E-state index contributed by atoms with van der Waals surface area (Å²) < 4.78 is 1.90. The minimum absolute atomic E-state index is 0.0266. The second-order valence-corrected chi connectivity index (χ2v) is 4.75. The first-order valence-electron chi connectivity index (χ1n) is 6.48. The number of imidazole rings is 1. The molecule has 19 heavy (non-hydrogen) atoms. The molecule has 1 amide bonds. The van der Waals surface area contributed by atoms with Crippen LogP contribution in [0.1, 0.15) is 33.1 Å². The van der Waals surface area contributed by atoms with Gasteiger partial charge in [-0.15, -0.1) is 0 Å². The molecule has 0 aromatic carbocycles. The van der Waals surface area contributed by atoms with Crippen molar-refractivity contribution in [3.63, 3.8) is 0 Å². The molecule has 102 valence electrons. The van der Waals surface area contributed by atoms with Crippen molar-refractivity contribution in [1.29, 1.82) is 0 Å². The van der Waals surface area contributed by atoms with Gasteiger partial charge in [0.15, 0.2) is 5.65 Å². The number of fused-ring (bicyclic) bond motifs is 1. The quantitative estimate of drug-likeness (QED) is 0.856. The van der Waals surface area contributed by atoms with E-state index in [1.165, 1.54) is 0 Å². The number of nitrogens with zero attached hydrogens (tertiary/aromatic N) is 3. The Morgan fingerprint density at radius 1 is 1.32 bits per heavy atom. The van der Waals surface area contributed by atoms with Crippen LogP contribution in [-0.2, 0) is 11.3 Å². The largest absolute Gasteiger partial charge is 0.296 e. The monoisotopic (exact) mass is 280 g/mol. The van der Waals surface area contributed by atoms with Crippen LogP contribution in [-0.4, -0.2) is 20.4 Å². The molecule has 2 aromatic rings. The molecular formula is C13H17ClN4O. The van der Waals surface area contributed by atoms with Gasteiger partial charge in [0.1, 0.15) is 10.7 Å². The Balaban J connectivity index is 2.41. The minimum atomic E-state index is -0.0266. The average Bonchev–Trinajstić information content (AvgIpc) is 2.68. The molecule has 0 fully saturated rings. The highest BCUT2D eigenvalue weighted by atomic mass is 35.5. The highest BCUT2D eigenvalue weighted by Crippen LogP contribution is 2.20. The van der Waals surface area contributed by atoms with Crippen LogP contribution in [0.15, 0.2) is 12.1 Å². The molecule has 2 aromatic heterocycles. The van der Waals surface area contributed by atoms with Gasteiger partial charge in [-0.3, -0.25) is 14.7 Å². The molecule has 6 heteroatoms. The number of carbonyl (C=O) groups is 1. The number of nitrogens with one attached hydrogen (secondary N) is 1. The maximum Gasteiger partial charge on any atom is 0.226 e. The van der Waals surface area contributed by atoms with Crippen molar-refractivity contribution in [2.45, 2.75) is 39.7 Å². The molecule has 1 N–H and O–H groups in total. The third-order valence-electron chi connectivity index (χ3n) is 2.73. The van der Waals surface area contributed by atoms with Crippen molar-refractivity contribution >= 4 is 34.6 Å². The van der Waals surface area contributed by atoms with E-state index >= 15 is 0 Å². The summed E-state index contributed by atoms with van der Waals surface area (Å²) >= 11 is 5.92. The van der Waals surface area contributed by atoms with Gasteiger partial charge in [0.05, 0.1) is 0 Å². The molecule has 0 aliphatic rings. The first-order valence-corrected chi connectivity index (χ1v) is 6.86. The third kappa shape index (κ3) is 3.04. The van der Waals surface area contributed by atoms with Crippen LogP contribution in [0.3, 0.4) is 0 Å². The van der Waals surface area contributed by atoms with E-state index in [9.17, 15) is 4.79 Å². The molecule has 0 aliphatic heterocycles. The molecule has 2 heterocycles. The normalized spacial score (nSPS) is 10.9. The molecule has 0 saturated heterocycles. The van der Waals surface area contributed by atoms with Gasteiger partial charge in [-0.1, -0.05) is 25.4 Å². The summed E-state index contributed by atoms with van der Waals surface area (Å²) in [6.07, 6.45) is 2.23. The predicted molar refractivity (Wildman–Crippen MR) is 76.4 cm³/mol. The van der Waals surface area contributed by atoms with Crippen molar-refractivity contribution < 1.29 is 4.79 Å². The minimum Gasteiger partial charge on any atom is -0.296 e. The smallest absolute Gasteiger partial charge is 0.226 e. The van der Waals surface area contributed by atoms with Gasteiger partial charge in [0.25, 0.3) is 0 Å². The standard InChI is InChI=1S/C13H17ClN4O/c1-3-5-11(19)17-13-15-9-6-7-10(14)16-12(9)18(13)8-4-2/h6-7H,3-5,8H2,1-2H3,(H,15,17,19). The number of amides is 1. The van der Waals surface area contributed by atoms with Crippen molar-refractivity contribution in [1.82, 2.24) is 14.5 Å². The summed E-state index contributed by atoms with van der Waals surface area (Å²) in [6, 6.07) is 3.51. The number of pyridine rings is 1. The van der Waals surface area contributed by atoms with E-state index in [2.05, 4.69) is 22.2 Å². The molecule has 0 atom stereocenters. The Morgan fingerprint density at radius 2 is 2.11 bits per heavy atom. The number of carbonyl (C=O) groups excluding carboxylic acids is 1. The van der Waals surface area contributed by atoms with Gasteiger partial charge in [0.2, 0.25) is 11.9 Å². The van der Waals surface area contributed by atoms with E-state index in [1.807, 2.05) is 17.6 Å². The summed E-state index contributed by atoms with van der Waals surface area (Å²) in [6.45, 7) is 4.77. The molecule has 0 saturated carbocycles. The molecule has 0 unspecified atom stereocenters. The lowest BCUT2D eigenvalue weighted by atomic mass is 10.3. The molecule has 0 spiro atoms. The maximum atomic E-state index is 11.7. The van der Waals surface area contributed by atoms with E-state index in [1.54, 1.807) is 6.07 Å². The van der Waals surface area contributed by atoms with Crippen LogP contribution in [0.5, 0.6) is 0 Å². The summed E-state index contributed by atoms with van der Waals surface area (Å²) in [7, 11) is 0. The number of aromatic nitrogens is 3. The summed E-state index contributed by atoms with van der Waals surface area (Å²) in [5.41, 5.74) is 1.45. The van der Waals surface area contributed by atoms with Gasteiger partial charge >= 0.3 is 0 Å². The Labute approximate surface area is 117 Å². The van der Waals surface area contributed by atoms with Gasteiger partial charge in [-0.2, -0.15) is 0 Å². The maximum absolute atomic E-state index is 11.7. The first-order chi connectivity index (χ1) is 9.15.